The summed E-state index contributed by atoms with van der Waals surface area (Å²) in [6, 6.07) is 13.4. The van der Waals surface area contributed by atoms with Gasteiger partial charge in [-0.15, -0.1) is 11.3 Å². The molecule has 2 saturated carbocycles. The largest absolute Gasteiger partial charge is 0.496 e. The van der Waals surface area contributed by atoms with Crippen LogP contribution in [-0.4, -0.2) is 35.1 Å². The molecule has 4 aromatic rings. The number of aryl methyl sites for hydroxylation is 1. The number of methoxy groups -OCH3 is 1. The van der Waals surface area contributed by atoms with E-state index in [-0.39, 0.29) is 5.91 Å². The van der Waals surface area contributed by atoms with Crippen LogP contribution in [0.5, 0.6) is 5.75 Å². The highest BCUT2D eigenvalue weighted by molar-refractivity contribution is 9.10. The van der Waals surface area contributed by atoms with E-state index in [4.69, 9.17) is 4.74 Å². The molecule has 2 aromatic carbocycles. The molecule has 6 heteroatoms. The Morgan fingerprint density at radius 3 is 2.73 bits per heavy atom. The van der Waals surface area contributed by atoms with E-state index >= 15 is 0 Å². The van der Waals surface area contributed by atoms with E-state index in [9.17, 15) is 4.79 Å². The van der Waals surface area contributed by atoms with E-state index in [0.717, 1.165) is 51.3 Å². The summed E-state index contributed by atoms with van der Waals surface area (Å²) in [5.41, 5.74) is 4.56. The Kier molecular flexibility index (Phi) is 5.70. The van der Waals surface area contributed by atoms with Gasteiger partial charge in [0.05, 0.1) is 17.7 Å². The number of likely N-dealkylation sites (tertiary alicyclic amines) is 1. The highest BCUT2D eigenvalue weighted by atomic mass is 79.9. The van der Waals surface area contributed by atoms with Gasteiger partial charge in [0.2, 0.25) is 0 Å². The summed E-state index contributed by atoms with van der Waals surface area (Å²) in [5, 5.41) is 2.41. The molecule has 2 bridgehead atoms. The Labute approximate surface area is 230 Å². The van der Waals surface area contributed by atoms with Crippen LogP contribution in [0, 0.1) is 24.7 Å². The van der Waals surface area contributed by atoms with Crippen LogP contribution in [0.2, 0.25) is 0 Å². The number of carbonyl (C=O) groups excluding carboxylic acids is 1. The summed E-state index contributed by atoms with van der Waals surface area (Å²) in [4.78, 5) is 17.2. The van der Waals surface area contributed by atoms with Crippen LogP contribution in [0.15, 0.2) is 40.9 Å². The second-order valence-corrected chi connectivity index (χ2v) is 13.4. The second-order valence-electron chi connectivity index (χ2n) is 11.5. The minimum absolute atomic E-state index is 0.168. The first-order valence-electron chi connectivity index (χ1n) is 13.6. The lowest BCUT2D eigenvalue weighted by atomic mass is 9.81. The number of thiophene rings is 1. The van der Waals surface area contributed by atoms with Crippen molar-refractivity contribution in [2.75, 3.05) is 13.7 Å². The summed E-state index contributed by atoms with van der Waals surface area (Å²) in [6.07, 6.45) is 6.25. The van der Waals surface area contributed by atoms with Crippen molar-refractivity contribution in [3.05, 3.63) is 52.0 Å². The summed E-state index contributed by atoms with van der Waals surface area (Å²) >= 11 is 5.48. The average molecular weight is 578 g/mol. The molecule has 0 radical (unpaired) electrons. The fourth-order valence-electron chi connectivity index (χ4n) is 6.95. The van der Waals surface area contributed by atoms with Gasteiger partial charge in [0.15, 0.2) is 0 Å². The normalized spacial score (nSPS) is 23.4. The van der Waals surface area contributed by atoms with Gasteiger partial charge in [-0.1, -0.05) is 35.3 Å². The van der Waals surface area contributed by atoms with Crippen molar-refractivity contribution in [3.63, 3.8) is 0 Å². The number of rotatable bonds is 5. The Hall–Kier alpha value is -2.31. The first-order chi connectivity index (χ1) is 17.9. The highest BCUT2D eigenvalue weighted by Crippen LogP contribution is 2.46. The zero-order chi connectivity index (χ0) is 25.4. The van der Waals surface area contributed by atoms with Crippen molar-refractivity contribution >= 4 is 54.2 Å². The Bertz CT molecular complexity index is 1550. The fraction of sp³-hybridized carbons (Fsp3) is 0.452. The summed E-state index contributed by atoms with van der Waals surface area (Å²) in [6.45, 7) is 6.49. The molecular formula is C31H33BrN2O2S. The minimum atomic E-state index is 0.168. The van der Waals surface area contributed by atoms with Crippen LogP contribution in [0.1, 0.15) is 54.9 Å². The van der Waals surface area contributed by atoms with Crippen molar-refractivity contribution in [1.82, 2.24) is 9.47 Å². The molecule has 1 aliphatic heterocycles. The smallest absolute Gasteiger partial charge is 0.254 e. The minimum Gasteiger partial charge on any atom is -0.496 e. The SMILES string of the molecule is COc1cc(C(=O)N2CC3CCCC2C3C)cc2sc(-c3cc4ccc(Br)cc4n3CC3CC3)c(C)c12. The Balaban J connectivity index is 1.34. The van der Waals surface area contributed by atoms with Crippen molar-refractivity contribution in [2.24, 2.45) is 17.8 Å². The Morgan fingerprint density at radius 1 is 1.14 bits per heavy atom. The molecule has 3 aliphatic rings. The lowest BCUT2D eigenvalue weighted by Gasteiger charge is -2.29. The van der Waals surface area contributed by atoms with Crippen LogP contribution < -0.4 is 4.74 Å². The molecule has 3 atom stereocenters. The van der Waals surface area contributed by atoms with Gasteiger partial charge in [-0.05, 0) is 86.3 Å². The summed E-state index contributed by atoms with van der Waals surface area (Å²) < 4.78 is 10.7. The predicted octanol–water partition coefficient (Wildman–Crippen LogP) is 8.27. The molecule has 3 fully saturated rings. The van der Waals surface area contributed by atoms with Gasteiger partial charge in [0.1, 0.15) is 5.75 Å². The number of halogens is 1. The van der Waals surface area contributed by atoms with E-state index in [2.05, 4.69) is 69.6 Å². The molecule has 0 spiro atoms. The van der Waals surface area contributed by atoms with E-state index < -0.39 is 0 Å². The number of nitrogens with zero attached hydrogens (tertiary/aromatic N) is 2. The number of ether oxygens (including phenoxy) is 1. The predicted molar refractivity (Wildman–Crippen MR) is 156 cm³/mol. The molecule has 2 aliphatic carbocycles. The molecule has 3 unspecified atom stereocenters. The standard InChI is InChI=1S/C31H33BrN2O2S/c1-17-21-5-4-6-24(17)34(16-21)31(35)22-12-27(36-3)29-18(2)30(37-28(29)13-22)26-11-20-9-10-23(32)14-25(20)33(26)15-19-7-8-19/h9-14,17,19,21,24H,4-8,15-16H2,1-3H3. The van der Waals surface area contributed by atoms with Crippen LogP contribution in [0.3, 0.4) is 0 Å². The molecule has 4 nitrogen and oxygen atoms in total. The molecule has 37 heavy (non-hydrogen) atoms. The third-order valence-electron chi connectivity index (χ3n) is 9.21. The van der Waals surface area contributed by atoms with Crippen molar-refractivity contribution < 1.29 is 9.53 Å². The average Bonchev–Trinajstić information content (AvgIpc) is 3.54. The molecular weight excluding hydrogens is 544 g/mol. The molecule has 0 N–H and O–H groups in total. The first-order valence-corrected chi connectivity index (χ1v) is 15.2. The van der Waals surface area contributed by atoms with E-state index in [1.165, 1.54) is 52.7 Å². The molecule has 2 aromatic heterocycles. The maximum atomic E-state index is 13.8. The second kappa shape index (κ2) is 8.88. The number of aromatic nitrogens is 1. The molecule has 1 saturated heterocycles. The highest BCUT2D eigenvalue weighted by Gasteiger charge is 2.43. The summed E-state index contributed by atoms with van der Waals surface area (Å²) in [5.74, 6) is 3.00. The van der Waals surface area contributed by atoms with Crippen LogP contribution >= 0.6 is 27.3 Å². The third kappa shape index (κ3) is 3.85. The topological polar surface area (TPSA) is 34.5 Å². The molecule has 192 valence electrons. The van der Waals surface area contributed by atoms with Crippen molar-refractivity contribution in [3.8, 4) is 16.3 Å². The maximum absolute atomic E-state index is 13.8. The molecule has 7 rings (SSSR count). The number of hydrogen-bond donors (Lipinski definition) is 0. The van der Waals surface area contributed by atoms with Gasteiger partial charge in [0, 0.05) is 50.2 Å². The van der Waals surface area contributed by atoms with Crippen molar-refractivity contribution in [2.45, 2.75) is 58.5 Å². The maximum Gasteiger partial charge on any atom is 0.254 e. The van der Waals surface area contributed by atoms with Gasteiger partial charge in [0.25, 0.3) is 5.91 Å². The summed E-state index contributed by atoms with van der Waals surface area (Å²) in [7, 11) is 1.73. The number of amides is 1. The van der Waals surface area contributed by atoms with Crippen LogP contribution in [0.4, 0.5) is 0 Å². The van der Waals surface area contributed by atoms with Gasteiger partial charge in [-0.3, -0.25) is 4.79 Å². The van der Waals surface area contributed by atoms with E-state index in [0.29, 0.717) is 17.9 Å². The van der Waals surface area contributed by atoms with Gasteiger partial charge < -0.3 is 14.2 Å². The van der Waals surface area contributed by atoms with Gasteiger partial charge >= 0.3 is 0 Å². The number of benzene rings is 2. The van der Waals surface area contributed by atoms with E-state index in [1.807, 2.05) is 6.07 Å². The monoisotopic (exact) mass is 576 g/mol. The fourth-order valence-corrected chi connectivity index (χ4v) is 8.59. The lowest BCUT2D eigenvalue weighted by Crippen LogP contribution is -2.37. The van der Waals surface area contributed by atoms with Gasteiger partial charge in [-0.2, -0.15) is 0 Å². The zero-order valence-electron chi connectivity index (χ0n) is 21.7. The molecule has 1 amide bonds. The number of hydrogen-bond acceptors (Lipinski definition) is 3. The quantitative estimate of drug-likeness (QED) is 0.239. The Morgan fingerprint density at radius 2 is 1.97 bits per heavy atom. The van der Waals surface area contributed by atoms with E-state index in [1.54, 1.807) is 18.4 Å². The van der Waals surface area contributed by atoms with Crippen LogP contribution in [0.25, 0.3) is 31.6 Å². The third-order valence-corrected chi connectivity index (χ3v) is 11.0. The first kappa shape index (κ1) is 23.8. The molecule has 3 heterocycles. The van der Waals surface area contributed by atoms with Crippen LogP contribution in [-0.2, 0) is 6.54 Å². The number of carbonyl (C=O) groups is 1. The van der Waals surface area contributed by atoms with Crippen molar-refractivity contribution in [1.29, 1.82) is 0 Å². The zero-order valence-corrected chi connectivity index (χ0v) is 24.1. The lowest BCUT2D eigenvalue weighted by molar-refractivity contribution is 0.0715. The number of fused-ring (bicyclic) bond motifs is 4. The van der Waals surface area contributed by atoms with Gasteiger partial charge in [-0.25, -0.2) is 0 Å².